The second kappa shape index (κ2) is 4.10. The maximum absolute atomic E-state index is 8.65. The van der Waals surface area contributed by atoms with Crippen LogP contribution in [0.25, 0.3) is 0 Å². The second-order valence-corrected chi connectivity index (χ2v) is 2.30. The van der Waals surface area contributed by atoms with E-state index in [-0.39, 0.29) is 6.61 Å². The van der Waals surface area contributed by atoms with E-state index >= 15 is 0 Å². The Bertz CT molecular complexity index is 189. The molecule has 0 amide bonds. The van der Waals surface area contributed by atoms with Crippen LogP contribution in [0.3, 0.4) is 0 Å². The van der Waals surface area contributed by atoms with Crippen molar-refractivity contribution in [2.24, 2.45) is 0 Å². The van der Waals surface area contributed by atoms with Crippen molar-refractivity contribution in [2.45, 2.75) is 13.1 Å². The first kappa shape index (κ1) is 8.23. The molecule has 0 unspecified atom stereocenters. The first-order chi connectivity index (χ1) is 5.38. The predicted octanol–water partition coefficient (Wildman–Crippen LogP) is -0.405. The molecule has 0 spiro atoms. The van der Waals surface area contributed by atoms with Crippen LogP contribution in [0.1, 0.15) is 5.69 Å². The van der Waals surface area contributed by atoms with Crippen molar-refractivity contribution in [3.63, 3.8) is 0 Å². The number of hydrogen-bond donors (Lipinski definition) is 2. The zero-order chi connectivity index (χ0) is 8.10. The van der Waals surface area contributed by atoms with Crippen LogP contribution in [0.2, 0.25) is 0 Å². The predicted molar refractivity (Wildman–Crippen MR) is 42.1 cm³/mol. The van der Waals surface area contributed by atoms with Gasteiger partial charge in [0.2, 0.25) is 0 Å². The molecule has 0 aromatic carbocycles. The molecule has 0 fully saturated rings. The van der Waals surface area contributed by atoms with Gasteiger partial charge in [-0.15, -0.1) is 0 Å². The Hall–Kier alpha value is -0.870. The van der Waals surface area contributed by atoms with Crippen LogP contribution in [0.15, 0.2) is 12.3 Å². The Morgan fingerprint density at radius 3 is 3.18 bits per heavy atom. The van der Waals surface area contributed by atoms with E-state index in [9.17, 15) is 0 Å². The lowest BCUT2D eigenvalue weighted by atomic mass is 10.4. The highest BCUT2D eigenvalue weighted by atomic mass is 16.3. The highest BCUT2D eigenvalue weighted by Crippen LogP contribution is 1.96. The minimum atomic E-state index is 0.137. The topological polar surface area (TPSA) is 50.1 Å². The van der Waals surface area contributed by atoms with Crippen molar-refractivity contribution in [1.82, 2.24) is 15.1 Å². The largest absolute Gasteiger partial charge is 0.394 e. The summed E-state index contributed by atoms with van der Waals surface area (Å²) in [6, 6.07) is 1.94. The summed E-state index contributed by atoms with van der Waals surface area (Å²) < 4.78 is 1.79. The van der Waals surface area contributed by atoms with Crippen LogP contribution in [0.5, 0.6) is 0 Å². The molecular weight excluding hydrogens is 142 g/mol. The molecule has 2 N–H and O–H groups in total. The summed E-state index contributed by atoms with van der Waals surface area (Å²) in [6.07, 6.45) is 1.74. The third-order valence-corrected chi connectivity index (χ3v) is 1.47. The zero-order valence-corrected chi connectivity index (χ0v) is 6.62. The van der Waals surface area contributed by atoms with Gasteiger partial charge in [0, 0.05) is 12.7 Å². The first-order valence-corrected chi connectivity index (χ1v) is 3.64. The quantitative estimate of drug-likeness (QED) is 0.621. The van der Waals surface area contributed by atoms with Crippen molar-refractivity contribution in [3.8, 4) is 0 Å². The molecule has 11 heavy (non-hydrogen) atoms. The van der Waals surface area contributed by atoms with Crippen molar-refractivity contribution in [2.75, 3.05) is 13.7 Å². The van der Waals surface area contributed by atoms with Crippen LogP contribution in [-0.4, -0.2) is 28.5 Å². The van der Waals surface area contributed by atoms with E-state index in [1.807, 2.05) is 13.1 Å². The van der Waals surface area contributed by atoms with Crippen LogP contribution in [0.4, 0.5) is 0 Å². The lowest BCUT2D eigenvalue weighted by Crippen LogP contribution is -2.13. The molecule has 0 saturated heterocycles. The molecule has 62 valence electrons. The SMILES string of the molecule is CNCc1ccnn1CCO. The van der Waals surface area contributed by atoms with Crippen molar-refractivity contribution in [3.05, 3.63) is 18.0 Å². The second-order valence-electron chi connectivity index (χ2n) is 2.30. The summed E-state index contributed by atoms with van der Waals surface area (Å²) in [4.78, 5) is 0. The normalized spacial score (nSPS) is 10.4. The molecule has 0 atom stereocenters. The summed E-state index contributed by atoms with van der Waals surface area (Å²) in [7, 11) is 1.89. The Morgan fingerprint density at radius 2 is 2.55 bits per heavy atom. The van der Waals surface area contributed by atoms with Crippen molar-refractivity contribution in [1.29, 1.82) is 0 Å². The van der Waals surface area contributed by atoms with Crippen molar-refractivity contribution < 1.29 is 5.11 Å². The molecule has 4 nitrogen and oxygen atoms in total. The summed E-state index contributed by atoms with van der Waals surface area (Å²) in [5, 5.41) is 15.7. The first-order valence-electron chi connectivity index (χ1n) is 3.64. The van der Waals surface area contributed by atoms with Gasteiger partial charge in [0.25, 0.3) is 0 Å². The molecule has 0 saturated carbocycles. The monoisotopic (exact) mass is 155 g/mol. The van der Waals surface area contributed by atoms with E-state index in [0.29, 0.717) is 6.54 Å². The van der Waals surface area contributed by atoms with Crippen LogP contribution < -0.4 is 5.32 Å². The van der Waals surface area contributed by atoms with E-state index in [1.54, 1.807) is 10.9 Å². The van der Waals surface area contributed by atoms with Gasteiger partial charge in [-0.1, -0.05) is 0 Å². The smallest absolute Gasteiger partial charge is 0.0644 e. The number of aliphatic hydroxyl groups excluding tert-OH is 1. The van der Waals surface area contributed by atoms with Crippen LogP contribution >= 0.6 is 0 Å². The third kappa shape index (κ3) is 2.03. The summed E-state index contributed by atoms with van der Waals surface area (Å²) in [6.45, 7) is 1.50. The van der Waals surface area contributed by atoms with Gasteiger partial charge < -0.3 is 10.4 Å². The molecule has 1 aromatic rings. The maximum atomic E-state index is 8.65. The minimum absolute atomic E-state index is 0.137. The molecule has 1 rings (SSSR count). The van der Waals surface area contributed by atoms with Gasteiger partial charge in [-0.2, -0.15) is 5.10 Å². The number of aliphatic hydroxyl groups is 1. The standard InChI is InChI=1S/C7H13N3O/c1-8-6-7-2-3-9-10(7)4-5-11/h2-3,8,11H,4-6H2,1H3. The van der Waals surface area contributed by atoms with Crippen molar-refractivity contribution >= 4 is 0 Å². The molecule has 4 heteroatoms. The number of nitrogens with one attached hydrogen (secondary N) is 1. The molecule has 0 bridgehead atoms. The summed E-state index contributed by atoms with van der Waals surface area (Å²) in [5.41, 5.74) is 1.10. The van der Waals surface area contributed by atoms with E-state index in [2.05, 4.69) is 10.4 Å². The van der Waals surface area contributed by atoms with Gasteiger partial charge in [0.15, 0.2) is 0 Å². The molecule has 0 aliphatic rings. The fraction of sp³-hybridized carbons (Fsp3) is 0.571. The average molecular weight is 155 g/mol. The Labute approximate surface area is 65.8 Å². The summed E-state index contributed by atoms with van der Waals surface area (Å²) in [5.74, 6) is 0. The van der Waals surface area contributed by atoms with Gasteiger partial charge >= 0.3 is 0 Å². The fourth-order valence-corrected chi connectivity index (χ4v) is 0.987. The van der Waals surface area contributed by atoms with Gasteiger partial charge in [-0.3, -0.25) is 4.68 Å². The average Bonchev–Trinajstić information content (AvgIpc) is 2.39. The highest BCUT2D eigenvalue weighted by Gasteiger charge is 1.98. The molecule has 0 aliphatic heterocycles. The Morgan fingerprint density at radius 1 is 1.73 bits per heavy atom. The number of rotatable bonds is 4. The number of nitrogens with zero attached hydrogens (tertiary/aromatic N) is 2. The van der Waals surface area contributed by atoms with Gasteiger partial charge in [-0.05, 0) is 13.1 Å². The van der Waals surface area contributed by atoms with E-state index in [1.165, 1.54) is 0 Å². The zero-order valence-electron chi connectivity index (χ0n) is 6.62. The van der Waals surface area contributed by atoms with E-state index in [4.69, 9.17) is 5.11 Å². The molecule has 0 aliphatic carbocycles. The number of aromatic nitrogens is 2. The lowest BCUT2D eigenvalue weighted by Gasteiger charge is -2.03. The van der Waals surface area contributed by atoms with Crippen LogP contribution in [-0.2, 0) is 13.1 Å². The van der Waals surface area contributed by atoms with E-state index in [0.717, 1.165) is 12.2 Å². The van der Waals surface area contributed by atoms with Gasteiger partial charge in [0.05, 0.1) is 18.8 Å². The van der Waals surface area contributed by atoms with E-state index < -0.39 is 0 Å². The maximum Gasteiger partial charge on any atom is 0.0644 e. The highest BCUT2D eigenvalue weighted by molar-refractivity contribution is 4.99. The lowest BCUT2D eigenvalue weighted by molar-refractivity contribution is 0.267. The van der Waals surface area contributed by atoms with Gasteiger partial charge in [-0.25, -0.2) is 0 Å². The number of hydrogen-bond acceptors (Lipinski definition) is 3. The third-order valence-electron chi connectivity index (χ3n) is 1.47. The summed E-state index contributed by atoms with van der Waals surface area (Å²) >= 11 is 0. The minimum Gasteiger partial charge on any atom is -0.394 e. The van der Waals surface area contributed by atoms with Gasteiger partial charge in [0.1, 0.15) is 0 Å². The molecular formula is C7H13N3O. The molecule has 1 heterocycles. The molecule has 0 radical (unpaired) electrons. The van der Waals surface area contributed by atoms with Crippen LogP contribution in [0, 0.1) is 0 Å². The Kier molecular flexibility index (Phi) is 3.07. The molecule has 1 aromatic heterocycles. The fourth-order valence-electron chi connectivity index (χ4n) is 0.987. The Balaban J connectivity index is 2.62.